The van der Waals surface area contributed by atoms with Gasteiger partial charge in [0.05, 0.1) is 18.7 Å². The van der Waals surface area contributed by atoms with Gasteiger partial charge >= 0.3 is 5.97 Å². The summed E-state index contributed by atoms with van der Waals surface area (Å²) >= 11 is 0. The van der Waals surface area contributed by atoms with Crippen LogP contribution in [0.4, 0.5) is 0 Å². The maximum absolute atomic E-state index is 12.1. The molecule has 1 unspecified atom stereocenters. The topological polar surface area (TPSA) is 64.4 Å². The van der Waals surface area contributed by atoms with Gasteiger partial charge in [-0.15, -0.1) is 0 Å². The van der Waals surface area contributed by atoms with Gasteiger partial charge in [-0.1, -0.05) is 0 Å². The summed E-state index contributed by atoms with van der Waals surface area (Å²) in [6.07, 6.45) is 1.11. The van der Waals surface area contributed by atoms with Gasteiger partial charge in [0.25, 0.3) is 0 Å². The van der Waals surface area contributed by atoms with Crippen molar-refractivity contribution in [2.24, 2.45) is 5.92 Å². The van der Waals surface area contributed by atoms with E-state index in [1.54, 1.807) is 4.90 Å². The minimum Gasteiger partial charge on any atom is -0.469 e. The van der Waals surface area contributed by atoms with Gasteiger partial charge in [0.1, 0.15) is 0 Å². The van der Waals surface area contributed by atoms with Gasteiger partial charge in [0.15, 0.2) is 0 Å². The van der Waals surface area contributed by atoms with Crippen LogP contribution >= 0.6 is 0 Å². The van der Waals surface area contributed by atoms with Crippen LogP contribution in [0.2, 0.25) is 0 Å². The molecular formula is C14H21N3O3. The Morgan fingerprint density at radius 1 is 1.45 bits per heavy atom. The van der Waals surface area contributed by atoms with Crippen LogP contribution in [0.5, 0.6) is 0 Å². The molecule has 6 heteroatoms. The molecule has 6 nitrogen and oxygen atoms in total. The molecule has 2 heterocycles. The Balaban J connectivity index is 1.84. The molecule has 1 amide bonds. The van der Waals surface area contributed by atoms with Crippen molar-refractivity contribution in [1.29, 1.82) is 0 Å². The minimum atomic E-state index is -0.223. The lowest BCUT2D eigenvalue weighted by Gasteiger charge is -2.16. The lowest BCUT2D eigenvalue weighted by Crippen LogP contribution is -2.31. The third kappa shape index (κ3) is 3.18. The quantitative estimate of drug-likeness (QED) is 0.769. The third-order valence-corrected chi connectivity index (χ3v) is 3.72. The van der Waals surface area contributed by atoms with Crippen LogP contribution in [0.15, 0.2) is 6.07 Å². The number of aromatic nitrogens is 2. The van der Waals surface area contributed by atoms with E-state index in [1.165, 1.54) is 7.11 Å². The zero-order chi connectivity index (χ0) is 14.7. The van der Waals surface area contributed by atoms with Crippen molar-refractivity contribution in [3.8, 4) is 0 Å². The zero-order valence-electron chi connectivity index (χ0n) is 12.3. The fourth-order valence-electron chi connectivity index (χ4n) is 2.61. The van der Waals surface area contributed by atoms with Crippen LogP contribution < -0.4 is 0 Å². The van der Waals surface area contributed by atoms with Gasteiger partial charge in [-0.2, -0.15) is 5.10 Å². The van der Waals surface area contributed by atoms with E-state index in [-0.39, 0.29) is 17.8 Å². The largest absolute Gasteiger partial charge is 0.469 e. The first-order valence-electron chi connectivity index (χ1n) is 6.88. The van der Waals surface area contributed by atoms with Crippen LogP contribution in [0.1, 0.15) is 24.2 Å². The number of esters is 1. The summed E-state index contributed by atoms with van der Waals surface area (Å²) in [5, 5.41) is 4.34. The molecule has 0 N–H and O–H groups in total. The van der Waals surface area contributed by atoms with Crippen molar-refractivity contribution in [2.75, 3.05) is 20.2 Å². The van der Waals surface area contributed by atoms with Crippen LogP contribution in [0.25, 0.3) is 0 Å². The van der Waals surface area contributed by atoms with Gasteiger partial charge in [-0.25, -0.2) is 0 Å². The van der Waals surface area contributed by atoms with E-state index in [4.69, 9.17) is 4.74 Å². The Kier molecular flexibility index (Phi) is 4.42. The lowest BCUT2D eigenvalue weighted by atomic mass is 10.1. The molecule has 0 aliphatic carbocycles. The zero-order valence-corrected chi connectivity index (χ0v) is 12.3. The smallest absolute Gasteiger partial charge is 0.310 e. The maximum atomic E-state index is 12.1. The van der Waals surface area contributed by atoms with Gasteiger partial charge in [0.2, 0.25) is 5.91 Å². The molecule has 1 aliphatic rings. The molecule has 110 valence electrons. The normalized spacial score (nSPS) is 18.4. The minimum absolute atomic E-state index is 0.0731. The molecule has 1 aliphatic heterocycles. The first-order valence-corrected chi connectivity index (χ1v) is 6.88. The number of likely N-dealkylation sites (tertiary alicyclic amines) is 1. The monoisotopic (exact) mass is 279 g/mol. The highest BCUT2D eigenvalue weighted by molar-refractivity contribution is 5.79. The number of hydrogen-bond acceptors (Lipinski definition) is 4. The highest BCUT2D eigenvalue weighted by Gasteiger charge is 2.31. The Hall–Kier alpha value is -1.85. The molecule has 0 aromatic carbocycles. The summed E-state index contributed by atoms with van der Waals surface area (Å²) in [5.74, 6) is -0.319. The number of carbonyl (C=O) groups is 2. The first kappa shape index (κ1) is 14.6. The van der Waals surface area contributed by atoms with Gasteiger partial charge in [-0.3, -0.25) is 14.3 Å². The third-order valence-electron chi connectivity index (χ3n) is 3.72. The van der Waals surface area contributed by atoms with E-state index < -0.39 is 0 Å². The van der Waals surface area contributed by atoms with Crippen molar-refractivity contribution in [3.05, 3.63) is 17.5 Å². The summed E-state index contributed by atoms with van der Waals surface area (Å²) in [6.45, 7) is 5.61. The molecule has 1 fully saturated rings. The highest BCUT2D eigenvalue weighted by atomic mass is 16.5. The van der Waals surface area contributed by atoms with Crippen molar-refractivity contribution in [1.82, 2.24) is 14.7 Å². The van der Waals surface area contributed by atoms with E-state index in [0.717, 1.165) is 11.4 Å². The summed E-state index contributed by atoms with van der Waals surface area (Å²) in [7, 11) is 1.38. The highest BCUT2D eigenvalue weighted by Crippen LogP contribution is 2.18. The SMILES string of the molecule is COC(=O)C1CCN(C(=O)CCn2nc(C)cc2C)C1. The molecular weight excluding hydrogens is 258 g/mol. The van der Waals surface area contributed by atoms with E-state index in [9.17, 15) is 9.59 Å². The van der Waals surface area contributed by atoms with Gasteiger partial charge < -0.3 is 9.64 Å². The van der Waals surface area contributed by atoms with Crippen molar-refractivity contribution >= 4 is 11.9 Å². The summed E-state index contributed by atoms with van der Waals surface area (Å²) in [5.41, 5.74) is 2.02. The molecule has 1 saturated heterocycles. The van der Waals surface area contributed by atoms with E-state index >= 15 is 0 Å². The fourth-order valence-corrected chi connectivity index (χ4v) is 2.61. The second kappa shape index (κ2) is 6.07. The van der Waals surface area contributed by atoms with Crippen LogP contribution in [-0.2, 0) is 20.9 Å². The average Bonchev–Trinajstić information content (AvgIpc) is 3.02. The summed E-state index contributed by atoms with van der Waals surface area (Å²) in [4.78, 5) is 25.3. The van der Waals surface area contributed by atoms with Crippen molar-refractivity contribution < 1.29 is 14.3 Å². The Morgan fingerprint density at radius 3 is 2.80 bits per heavy atom. The number of ether oxygens (including phenoxy) is 1. The Bertz CT molecular complexity index is 510. The number of hydrogen-bond donors (Lipinski definition) is 0. The number of nitrogens with zero attached hydrogens (tertiary/aromatic N) is 3. The molecule has 1 aromatic rings. The van der Waals surface area contributed by atoms with E-state index in [2.05, 4.69) is 5.10 Å². The van der Waals surface area contributed by atoms with Crippen molar-refractivity contribution in [2.45, 2.75) is 33.2 Å². The van der Waals surface area contributed by atoms with Crippen LogP contribution in [0.3, 0.4) is 0 Å². The second-order valence-corrected chi connectivity index (χ2v) is 5.25. The predicted octanol–water partition coefficient (Wildman–Crippen LogP) is 0.912. The van der Waals surface area contributed by atoms with Crippen LogP contribution in [0, 0.1) is 19.8 Å². The number of amides is 1. The number of aryl methyl sites for hydroxylation is 3. The number of rotatable bonds is 4. The molecule has 2 rings (SSSR count). The number of carbonyl (C=O) groups excluding carboxylic acids is 2. The maximum Gasteiger partial charge on any atom is 0.310 e. The molecule has 0 bridgehead atoms. The van der Waals surface area contributed by atoms with Crippen molar-refractivity contribution in [3.63, 3.8) is 0 Å². The Labute approximate surface area is 118 Å². The average molecular weight is 279 g/mol. The summed E-state index contributed by atoms with van der Waals surface area (Å²) in [6, 6.07) is 1.99. The first-order chi connectivity index (χ1) is 9.51. The Morgan fingerprint density at radius 2 is 2.20 bits per heavy atom. The fraction of sp³-hybridized carbons (Fsp3) is 0.643. The molecule has 20 heavy (non-hydrogen) atoms. The van der Waals surface area contributed by atoms with E-state index in [1.807, 2.05) is 24.6 Å². The molecule has 1 aromatic heterocycles. The lowest BCUT2D eigenvalue weighted by molar-refractivity contribution is -0.145. The van der Waals surface area contributed by atoms with Gasteiger partial charge in [-0.05, 0) is 26.3 Å². The molecule has 1 atom stereocenters. The second-order valence-electron chi connectivity index (χ2n) is 5.25. The van der Waals surface area contributed by atoms with Gasteiger partial charge in [0, 0.05) is 31.7 Å². The molecule has 0 radical (unpaired) electrons. The number of methoxy groups -OCH3 is 1. The molecule has 0 spiro atoms. The molecule has 0 saturated carbocycles. The summed E-state index contributed by atoms with van der Waals surface area (Å²) < 4.78 is 6.57. The standard InChI is InChI=1S/C14H21N3O3/c1-10-8-11(2)17(15-10)7-5-13(18)16-6-4-12(9-16)14(19)20-3/h8,12H,4-7,9H2,1-3H3. The van der Waals surface area contributed by atoms with Crippen LogP contribution in [-0.4, -0.2) is 46.8 Å². The predicted molar refractivity (Wildman–Crippen MR) is 73.0 cm³/mol. The van der Waals surface area contributed by atoms with E-state index in [0.29, 0.717) is 32.5 Å².